The Bertz CT molecular complexity index is 834. The van der Waals surface area contributed by atoms with Crippen LogP contribution in [0.25, 0.3) is 0 Å². The van der Waals surface area contributed by atoms with Crippen LogP contribution in [-0.4, -0.2) is 49.0 Å². The normalized spacial score (nSPS) is 18.9. The van der Waals surface area contributed by atoms with E-state index in [1.54, 1.807) is 0 Å². The number of aliphatic hydroxyl groups is 1. The van der Waals surface area contributed by atoms with Crippen LogP contribution in [0.3, 0.4) is 0 Å². The van der Waals surface area contributed by atoms with Gasteiger partial charge >= 0.3 is 0 Å². The third-order valence-corrected chi connectivity index (χ3v) is 5.40. The van der Waals surface area contributed by atoms with Crippen molar-refractivity contribution in [3.05, 3.63) is 62.9 Å². The number of hydrogen-bond donors (Lipinski definition) is 1. The van der Waals surface area contributed by atoms with Gasteiger partial charge in [0, 0.05) is 30.2 Å². The molecule has 3 rings (SSSR count). The number of hydrogen-bond acceptors (Lipinski definition) is 4. The maximum atomic E-state index is 13.8. The van der Waals surface area contributed by atoms with Gasteiger partial charge in [-0.2, -0.15) is 0 Å². The van der Waals surface area contributed by atoms with Gasteiger partial charge in [-0.15, -0.1) is 0 Å². The van der Waals surface area contributed by atoms with Crippen molar-refractivity contribution >= 4 is 23.2 Å². The van der Waals surface area contributed by atoms with Crippen LogP contribution in [0.5, 0.6) is 5.75 Å². The average molecular weight is 428 g/mol. The number of rotatable bonds is 6. The van der Waals surface area contributed by atoms with E-state index in [0.717, 1.165) is 16.9 Å². The summed E-state index contributed by atoms with van der Waals surface area (Å²) in [6, 6.07) is 8.70. The first-order chi connectivity index (χ1) is 13.3. The molecule has 2 aromatic rings. The van der Waals surface area contributed by atoms with Crippen LogP contribution < -0.4 is 4.74 Å². The third-order valence-electron chi connectivity index (χ3n) is 4.78. The predicted molar refractivity (Wildman–Crippen MR) is 109 cm³/mol. The molecule has 1 saturated heterocycles. The van der Waals surface area contributed by atoms with E-state index in [1.165, 1.54) is 12.1 Å². The summed E-state index contributed by atoms with van der Waals surface area (Å²) in [5.74, 6) is 0.256. The Labute approximate surface area is 174 Å². The number of β-amino-alcohol motifs (C(OH)–C–C–N with tert-alkyl or cyclic N) is 1. The molecule has 1 aliphatic rings. The van der Waals surface area contributed by atoms with Crippen molar-refractivity contribution in [2.75, 3.05) is 32.8 Å². The topological polar surface area (TPSA) is 41.9 Å². The zero-order valence-electron chi connectivity index (χ0n) is 15.9. The van der Waals surface area contributed by atoms with Crippen LogP contribution in [0.4, 0.5) is 4.39 Å². The molecule has 1 aliphatic heterocycles. The maximum absolute atomic E-state index is 13.8. The van der Waals surface area contributed by atoms with Gasteiger partial charge in [-0.3, -0.25) is 4.90 Å². The van der Waals surface area contributed by atoms with Crippen molar-refractivity contribution in [1.29, 1.82) is 0 Å². The first-order valence-corrected chi connectivity index (χ1v) is 9.95. The number of aliphatic hydroxyl groups excluding tert-OH is 1. The first-order valence-electron chi connectivity index (χ1n) is 9.20. The Morgan fingerprint density at radius 2 is 2.04 bits per heavy atom. The highest BCUT2D eigenvalue weighted by Gasteiger charge is 2.26. The Kier molecular flexibility index (Phi) is 7.18. The molecule has 152 valence electrons. The summed E-state index contributed by atoms with van der Waals surface area (Å²) in [7, 11) is 0. The van der Waals surface area contributed by atoms with E-state index in [0.29, 0.717) is 36.8 Å². The molecule has 7 heteroatoms. The molecule has 0 amide bonds. The van der Waals surface area contributed by atoms with Crippen LogP contribution in [0.2, 0.25) is 10.0 Å². The highest BCUT2D eigenvalue weighted by Crippen LogP contribution is 2.32. The zero-order valence-corrected chi connectivity index (χ0v) is 17.4. The summed E-state index contributed by atoms with van der Waals surface area (Å²) >= 11 is 12.0. The van der Waals surface area contributed by atoms with Gasteiger partial charge in [0.15, 0.2) is 0 Å². The Hall–Kier alpha value is -1.37. The second-order valence-electron chi connectivity index (χ2n) is 7.14. The highest BCUT2D eigenvalue weighted by molar-refractivity contribution is 6.35. The molecule has 28 heavy (non-hydrogen) atoms. The monoisotopic (exact) mass is 427 g/mol. The largest absolute Gasteiger partial charge is 0.491 e. The molecule has 4 nitrogen and oxygen atoms in total. The summed E-state index contributed by atoms with van der Waals surface area (Å²) in [4.78, 5) is 2.06. The minimum atomic E-state index is -0.656. The van der Waals surface area contributed by atoms with E-state index in [1.807, 2.05) is 32.0 Å². The highest BCUT2D eigenvalue weighted by atomic mass is 35.5. The smallest absolute Gasteiger partial charge is 0.142 e. The van der Waals surface area contributed by atoms with Crippen LogP contribution in [0, 0.1) is 19.7 Å². The molecule has 0 aliphatic carbocycles. The second kappa shape index (κ2) is 9.42. The van der Waals surface area contributed by atoms with Crippen molar-refractivity contribution in [2.24, 2.45) is 0 Å². The molecule has 0 radical (unpaired) electrons. The molecular formula is C21H24Cl2FNO3. The predicted octanol–water partition coefficient (Wildman–Crippen LogP) is 4.56. The molecule has 1 N–H and O–H groups in total. The van der Waals surface area contributed by atoms with Gasteiger partial charge in [-0.25, -0.2) is 4.39 Å². The molecule has 0 aromatic heterocycles. The molecular weight excluding hydrogens is 404 g/mol. The van der Waals surface area contributed by atoms with Gasteiger partial charge in [0.2, 0.25) is 0 Å². The molecule has 1 fully saturated rings. The van der Waals surface area contributed by atoms with Gasteiger partial charge in [0.25, 0.3) is 0 Å². The second-order valence-corrected chi connectivity index (χ2v) is 7.96. The quantitative estimate of drug-likeness (QED) is 0.685. The summed E-state index contributed by atoms with van der Waals surface area (Å²) < 4.78 is 25.4. The van der Waals surface area contributed by atoms with E-state index in [9.17, 15) is 9.50 Å². The lowest BCUT2D eigenvalue weighted by molar-refractivity contribution is -0.0460. The standard InChI is InChI=1S/C21H24Cl2FNO3/c1-13-3-4-14(2)20(7-13)28-12-15(26)10-25-5-6-27-21(11-25)16-8-19(24)18(23)9-17(16)22/h3-4,7-9,15,21,26H,5-6,10-12H2,1-2H3. The SMILES string of the molecule is Cc1ccc(C)c(OCC(O)CN2CCOC(c3cc(F)c(Cl)cc3Cl)C2)c1. The molecule has 0 spiro atoms. The maximum Gasteiger partial charge on any atom is 0.142 e. The van der Waals surface area contributed by atoms with Gasteiger partial charge in [0.05, 0.1) is 17.7 Å². The molecule has 2 aromatic carbocycles. The van der Waals surface area contributed by atoms with E-state index in [4.69, 9.17) is 32.7 Å². The van der Waals surface area contributed by atoms with E-state index in [-0.39, 0.29) is 17.7 Å². The van der Waals surface area contributed by atoms with Crippen LogP contribution in [-0.2, 0) is 4.74 Å². The van der Waals surface area contributed by atoms with Crippen molar-refractivity contribution in [3.63, 3.8) is 0 Å². The fourth-order valence-corrected chi connectivity index (χ4v) is 3.75. The van der Waals surface area contributed by atoms with E-state index < -0.39 is 11.9 Å². The Balaban J connectivity index is 1.57. The van der Waals surface area contributed by atoms with Crippen molar-refractivity contribution < 1.29 is 19.0 Å². The van der Waals surface area contributed by atoms with Crippen molar-refractivity contribution in [1.82, 2.24) is 4.90 Å². The van der Waals surface area contributed by atoms with Crippen LogP contribution in [0.1, 0.15) is 22.8 Å². The minimum Gasteiger partial charge on any atom is -0.491 e. The lowest BCUT2D eigenvalue weighted by atomic mass is 10.1. The molecule has 0 saturated carbocycles. The van der Waals surface area contributed by atoms with Gasteiger partial charge in [0.1, 0.15) is 24.3 Å². The summed E-state index contributed by atoms with van der Waals surface area (Å²) in [5, 5.41) is 10.8. The summed E-state index contributed by atoms with van der Waals surface area (Å²) in [5.41, 5.74) is 2.70. The van der Waals surface area contributed by atoms with Crippen LogP contribution in [0.15, 0.2) is 30.3 Å². The molecule has 2 atom stereocenters. The average Bonchev–Trinajstić information content (AvgIpc) is 2.65. The number of ether oxygens (including phenoxy) is 2. The first kappa shape index (κ1) is 21.3. The van der Waals surface area contributed by atoms with Gasteiger partial charge in [-0.05, 0) is 43.2 Å². The number of aryl methyl sites for hydroxylation is 2. The summed E-state index contributed by atoms with van der Waals surface area (Å²) in [6.07, 6.45) is -1.03. The molecule has 1 heterocycles. The minimum absolute atomic E-state index is 0.0135. The molecule has 2 unspecified atom stereocenters. The number of morpholine rings is 1. The van der Waals surface area contributed by atoms with E-state index in [2.05, 4.69) is 4.90 Å². The lowest BCUT2D eigenvalue weighted by Gasteiger charge is -2.34. The van der Waals surface area contributed by atoms with Crippen molar-refractivity contribution in [2.45, 2.75) is 26.1 Å². The molecule has 0 bridgehead atoms. The number of nitrogens with zero attached hydrogens (tertiary/aromatic N) is 1. The summed E-state index contributed by atoms with van der Waals surface area (Å²) in [6.45, 7) is 6.24. The van der Waals surface area contributed by atoms with Gasteiger partial charge in [-0.1, -0.05) is 35.3 Å². The fourth-order valence-electron chi connectivity index (χ4n) is 3.24. The number of halogens is 3. The Morgan fingerprint density at radius 3 is 2.82 bits per heavy atom. The van der Waals surface area contributed by atoms with Crippen LogP contribution >= 0.6 is 23.2 Å². The number of benzene rings is 2. The lowest BCUT2D eigenvalue weighted by Crippen LogP contribution is -2.43. The van der Waals surface area contributed by atoms with Crippen molar-refractivity contribution in [3.8, 4) is 5.75 Å². The third kappa shape index (κ3) is 5.37. The van der Waals surface area contributed by atoms with E-state index >= 15 is 0 Å². The Morgan fingerprint density at radius 1 is 1.25 bits per heavy atom. The fraction of sp³-hybridized carbons (Fsp3) is 0.429. The zero-order chi connectivity index (χ0) is 20.3. The van der Waals surface area contributed by atoms with Gasteiger partial charge < -0.3 is 14.6 Å².